The number of benzene rings is 4. The van der Waals surface area contributed by atoms with Gasteiger partial charge in [-0.3, -0.25) is 0 Å². The lowest BCUT2D eigenvalue weighted by Crippen LogP contribution is -2.29. The van der Waals surface area contributed by atoms with Crippen molar-refractivity contribution in [3.8, 4) is 0 Å². The minimum Gasteiger partial charge on any atom is -0.121 e. The van der Waals surface area contributed by atoms with E-state index < -0.39 is 0 Å². The molecule has 27 heavy (non-hydrogen) atoms. The largest absolute Gasteiger partial charge is 0.121 e. The van der Waals surface area contributed by atoms with Crippen LogP contribution in [0.25, 0.3) is 0 Å². The molecule has 132 valence electrons. The Morgan fingerprint density at radius 3 is 1.07 bits per heavy atom. The summed E-state index contributed by atoms with van der Waals surface area (Å²) >= 11 is 0. The van der Waals surface area contributed by atoms with Gasteiger partial charge in [0.2, 0.25) is 0 Å². The minimum absolute atomic E-state index is 0.176. The number of rotatable bonds is 5. The van der Waals surface area contributed by atoms with Crippen LogP contribution < -0.4 is 0 Å². The maximum atomic E-state index is 3.21. The fraction of sp³-hybridized carbons (Fsp3) is 0.0769. The second-order valence-electron chi connectivity index (χ2n) is 6.86. The topological polar surface area (TPSA) is 0 Å². The van der Waals surface area contributed by atoms with Crippen molar-refractivity contribution >= 4 is 9.24 Å². The highest BCUT2D eigenvalue weighted by Gasteiger charge is 2.39. The maximum absolute atomic E-state index is 3.21. The lowest BCUT2D eigenvalue weighted by Gasteiger charge is -2.39. The zero-order valence-corrected chi connectivity index (χ0v) is 16.4. The van der Waals surface area contributed by atoms with Crippen LogP contribution >= 0.6 is 9.24 Å². The summed E-state index contributed by atoms with van der Waals surface area (Å²) < 4.78 is 0. The van der Waals surface area contributed by atoms with E-state index in [4.69, 9.17) is 0 Å². The molecule has 1 atom stereocenters. The molecule has 0 N–H and O–H groups in total. The van der Waals surface area contributed by atoms with Crippen molar-refractivity contribution in [3.05, 3.63) is 144 Å². The van der Waals surface area contributed by atoms with Gasteiger partial charge in [-0.2, -0.15) is 0 Å². The third-order valence-electron chi connectivity index (χ3n) is 5.22. The summed E-state index contributed by atoms with van der Waals surface area (Å²) in [6.45, 7) is 0. The Morgan fingerprint density at radius 1 is 0.444 bits per heavy atom. The van der Waals surface area contributed by atoms with Gasteiger partial charge in [-0.1, -0.05) is 121 Å². The van der Waals surface area contributed by atoms with Crippen molar-refractivity contribution in [2.75, 3.05) is 0 Å². The molecule has 0 heterocycles. The van der Waals surface area contributed by atoms with Crippen LogP contribution in [0.2, 0.25) is 0 Å². The molecule has 0 aliphatic carbocycles. The van der Waals surface area contributed by atoms with Crippen LogP contribution in [0.4, 0.5) is 0 Å². The van der Waals surface area contributed by atoms with E-state index in [0.29, 0.717) is 0 Å². The third-order valence-corrected chi connectivity index (χ3v) is 6.22. The molecule has 0 fully saturated rings. The highest BCUT2D eigenvalue weighted by atomic mass is 31.0. The lowest BCUT2D eigenvalue weighted by atomic mass is 9.73. The van der Waals surface area contributed by atoms with E-state index in [9.17, 15) is 0 Å². The Kier molecular flexibility index (Phi) is 5.19. The van der Waals surface area contributed by atoms with Crippen LogP contribution in [0.3, 0.4) is 0 Å². The second-order valence-corrected chi connectivity index (χ2v) is 7.77. The Bertz CT molecular complexity index is 885. The minimum atomic E-state index is -0.273. The van der Waals surface area contributed by atoms with Crippen molar-refractivity contribution in [2.45, 2.75) is 11.1 Å². The van der Waals surface area contributed by atoms with Crippen LogP contribution in [0.15, 0.2) is 121 Å². The summed E-state index contributed by atoms with van der Waals surface area (Å²) in [5.74, 6) is 0.176. The zero-order valence-electron chi connectivity index (χ0n) is 15.2. The highest BCUT2D eigenvalue weighted by molar-refractivity contribution is 7.19. The number of hydrogen-bond acceptors (Lipinski definition) is 0. The predicted octanol–water partition coefficient (Wildman–Crippen LogP) is 6.64. The van der Waals surface area contributed by atoms with Gasteiger partial charge in [0, 0.05) is 11.1 Å². The molecular formula is C26H23P. The van der Waals surface area contributed by atoms with Crippen molar-refractivity contribution in [2.24, 2.45) is 0 Å². The van der Waals surface area contributed by atoms with Crippen LogP contribution in [0.5, 0.6) is 0 Å². The van der Waals surface area contributed by atoms with Gasteiger partial charge in [-0.25, -0.2) is 0 Å². The van der Waals surface area contributed by atoms with E-state index >= 15 is 0 Å². The van der Waals surface area contributed by atoms with Crippen LogP contribution in [0, 0.1) is 0 Å². The first-order valence-corrected chi connectivity index (χ1v) is 9.87. The molecule has 1 unspecified atom stereocenters. The molecule has 1 heteroatoms. The van der Waals surface area contributed by atoms with Crippen LogP contribution in [-0.2, 0) is 5.16 Å². The summed E-state index contributed by atoms with van der Waals surface area (Å²) in [4.78, 5) is 0. The molecule has 4 aromatic rings. The molecular weight excluding hydrogens is 343 g/mol. The zero-order chi connectivity index (χ0) is 18.5. The standard InChI is InChI=1S/C26H23P/c27-26(23-17-9-3-10-18-23,24-19-11-4-12-20-24)25(21-13-5-1-6-14-21)22-15-7-2-8-16-22/h1-20,25H,27H2. The predicted molar refractivity (Wildman–Crippen MR) is 118 cm³/mol. The Labute approximate surface area is 164 Å². The molecule has 4 aromatic carbocycles. The van der Waals surface area contributed by atoms with Gasteiger partial charge in [-0.15, -0.1) is 9.24 Å². The number of hydrogen-bond donors (Lipinski definition) is 0. The first-order valence-electron chi connectivity index (χ1n) is 9.30. The first kappa shape index (κ1) is 17.7. The first-order chi connectivity index (χ1) is 13.3. The molecule has 0 spiro atoms. The second kappa shape index (κ2) is 7.91. The molecule has 0 radical (unpaired) electrons. The monoisotopic (exact) mass is 366 g/mol. The van der Waals surface area contributed by atoms with Gasteiger partial charge in [0.05, 0.1) is 0 Å². The van der Waals surface area contributed by atoms with E-state index in [1.54, 1.807) is 0 Å². The van der Waals surface area contributed by atoms with E-state index in [2.05, 4.69) is 131 Å². The molecule has 0 saturated carbocycles. The van der Waals surface area contributed by atoms with E-state index in [0.717, 1.165) is 0 Å². The van der Waals surface area contributed by atoms with Crippen LogP contribution in [-0.4, -0.2) is 0 Å². The van der Waals surface area contributed by atoms with Crippen molar-refractivity contribution in [1.82, 2.24) is 0 Å². The smallest absolute Gasteiger partial charge is 0.0452 e. The highest BCUT2D eigenvalue weighted by Crippen LogP contribution is 2.52. The van der Waals surface area contributed by atoms with Gasteiger partial charge < -0.3 is 0 Å². The van der Waals surface area contributed by atoms with Gasteiger partial charge in [0.15, 0.2) is 0 Å². The molecule has 0 aromatic heterocycles. The third kappa shape index (κ3) is 3.46. The normalized spacial score (nSPS) is 11.5. The van der Waals surface area contributed by atoms with Crippen molar-refractivity contribution in [1.29, 1.82) is 0 Å². The van der Waals surface area contributed by atoms with E-state index in [-0.39, 0.29) is 11.1 Å². The van der Waals surface area contributed by atoms with E-state index in [1.807, 2.05) is 0 Å². The SMILES string of the molecule is PC(c1ccccc1)(c1ccccc1)C(c1ccccc1)c1ccccc1. The van der Waals surface area contributed by atoms with Gasteiger partial charge >= 0.3 is 0 Å². The molecule has 0 bridgehead atoms. The quantitative estimate of drug-likeness (QED) is 0.347. The molecule has 0 saturated heterocycles. The summed E-state index contributed by atoms with van der Waals surface area (Å²) in [5.41, 5.74) is 5.20. The van der Waals surface area contributed by atoms with Crippen molar-refractivity contribution < 1.29 is 0 Å². The van der Waals surface area contributed by atoms with Crippen LogP contribution in [0.1, 0.15) is 28.2 Å². The lowest BCUT2D eigenvalue weighted by molar-refractivity contribution is 0.636. The fourth-order valence-electron chi connectivity index (χ4n) is 3.94. The molecule has 0 amide bonds. The Hall–Kier alpha value is -2.69. The maximum Gasteiger partial charge on any atom is 0.0452 e. The van der Waals surface area contributed by atoms with E-state index in [1.165, 1.54) is 22.3 Å². The van der Waals surface area contributed by atoms with Gasteiger partial charge in [0.1, 0.15) is 0 Å². The Balaban J connectivity index is 2.01. The molecule has 0 aliphatic heterocycles. The van der Waals surface area contributed by atoms with Crippen molar-refractivity contribution in [3.63, 3.8) is 0 Å². The molecule has 0 nitrogen and oxygen atoms in total. The summed E-state index contributed by atoms with van der Waals surface area (Å²) in [7, 11) is 3.21. The average Bonchev–Trinajstić information content (AvgIpc) is 2.76. The molecule has 4 rings (SSSR count). The Morgan fingerprint density at radius 2 is 0.741 bits per heavy atom. The fourth-order valence-corrected chi connectivity index (χ4v) is 4.71. The summed E-state index contributed by atoms with van der Waals surface area (Å²) in [6, 6.07) is 43.3. The summed E-state index contributed by atoms with van der Waals surface area (Å²) in [6.07, 6.45) is 0. The van der Waals surface area contributed by atoms with Gasteiger partial charge in [0.25, 0.3) is 0 Å². The molecule has 0 aliphatic rings. The summed E-state index contributed by atoms with van der Waals surface area (Å²) in [5, 5.41) is -0.273. The van der Waals surface area contributed by atoms with Gasteiger partial charge in [-0.05, 0) is 22.3 Å². The average molecular weight is 366 g/mol.